The fourth-order valence-electron chi connectivity index (χ4n) is 6.02. The van der Waals surface area contributed by atoms with E-state index >= 15 is 0 Å². The Morgan fingerprint density at radius 3 is 2.30 bits per heavy atom. The number of benzene rings is 1. The largest absolute Gasteiger partial charge is 0.381 e. The van der Waals surface area contributed by atoms with Crippen LogP contribution < -0.4 is 15.8 Å². The fraction of sp³-hybridized carbons (Fsp3) is 0.656. The van der Waals surface area contributed by atoms with E-state index in [9.17, 15) is 18.0 Å². The van der Waals surface area contributed by atoms with Gasteiger partial charge in [0.1, 0.15) is 0 Å². The summed E-state index contributed by atoms with van der Waals surface area (Å²) in [5, 5.41) is 3.27. The van der Waals surface area contributed by atoms with E-state index in [1.165, 1.54) is 30.6 Å². The lowest BCUT2D eigenvalue weighted by Gasteiger charge is -2.34. The van der Waals surface area contributed by atoms with Gasteiger partial charge in [-0.05, 0) is 74.6 Å². The zero-order valence-electron chi connectivity index (χ0n) is 26.5. The van der Waals surface area contributed by atoms with Gasteiger partial charge in [-0.15, -0.1) is 11.3 Å². The van der Waals surface area contributed by atoms with Gasteiger partial charge in [0.15, 0.2) is 5.01 Å². The number of amides is 2. The number of aromatic nitrogens is 1. The molecule has 1 aromatic heterocycles. The summed E-state index contributed by atoms with van der Waals surface area (Å²) in [6, 6.07) is 5.45. The normalized spacial score (nSPS) is 18.4. The molecule has 9 nitrogen and oxygen atoms in total. The third-order valence-electron chi connectivity index (χ3n) is 8.44. The number of carbonyl (C=O) groups excluding carboxylic acids is 2. The summed E-state index contributed by atoms with van der Waals surface area (Å²) in [5.41, 5.74) is 6.25. The van der Waals surface area contributed by atoms with Crippen molar-refractivity contribution in [2.75, 3.05) is 19.8 Å². The van der Waals surface area contributed by atoms with Crippen molar-refractivity contribution in [2.24, 2.45) is 17.1 Å². The maximum absolute atomic E-state index is 13.5. The number of nitrogens with two attached hydrogens (primary N) is 1. The molecular formula is C32H48N4O5S2. The Hall–Kier alpha value is -2.34. The highest BCUT2D eigenvalue weighted by atomic mass is 32.2. The summed E-state index contributed by atoms with van der Waals surface area (Å²) in [6.45, 7) is 12.5. The minimum absolute atomic E-state index is 0.138. The molecule has 2 heterocycles. The molecule has 1 aromatic carbocycles. The Morgan fingerprint density at radius 2 is 1.72 bits per heavy atom. The second-order valence-corrected chi connectivity index (χ2v) is 16.9. The van der Waals surface area contributed by atoms with Crippen molar-refractivity contribution in [3.05, 3.63) is 34.5 Å². The molecule has 43 heavy (non-hydrogen) atoms. The van der Waals surface area contributed by atoms with Crippen molar-refractivity contribution in [1.82, 2.24) is 15.0 Å². The van der Waals surface area contributed by atoms with Crippen molar-refractivity contribution in [3.63, 3.8) is 0 Å². The molecule has 4 rings (SSSR count). The van der Waals surface area contributed by atoms with Crippen LogP contribution in [0, 0.1) is 11.3 Å². The van der Waals surface area contributed by atoms with E-state index in [0.29, 0.717) is 42.5 Å². The van der Waals surface area contributed by atoms with Crippen molar-refractivity contribution >= 4 is 33.2 Å². The van der Waals surface area contributed by atoms with E-state index in [4.69, 9.17) is 15.5 Å². The van der Waals surface area contributed by atoms with Crippen molar-refractivity contribution in [2.45, 2.75) is 109 Å². The number of sulfonamides is 1. The minimum Gasteiger partial charge on any atom is -0.381 e. The van der Waals surface area contributed by atoms with Crippen LogP contribution in [0.15, 0.2) is 23.1 Å². The van der Waals surface area contributed by atoms with Gasteiger partial charge in [-0.3, -0.25) is 9.59 Å². The average Bonchev–Trinajstić information content (AvgIpc) is 3.34. The van der Waals surface area contributed by atoms with Crippen LogP contribution in [0.4, 0.5) is 0 Å². The summed E-state index contributed by atoms with van der Waals surface area (Å²) >= 11 is 1.32. The second kappa shape index (κ2) is 12.9. The molecule has 2 aliphatic rings. The molecule has 11 heteroatoms. The number of carbonyl (C=O) groups is 2. The Kier molecular flexibility index (Phi) is 10.1. The summed E-state index contributed by atoms with van der Waals surface area (Å²) in [7, 11) is -3.78. The standard InChI is InChI=1S/C32H48N4O5S2/c1-30(2,3)23-19-22(12-13-25(23)43(39,40)36-31(4,5)6)26-24(18-21-10-8-7-9-11-21)35-28(42-26)27(37)34-20-32(29(33)38)14-16-41-17-15-32/h12-13,19,21,36H,7-11,14-18,20H2,1-6H3,(H2,33,38)(H,34,37). The highest BCUT2D eigenvalue weighted by Crippen LogP contribution is 2.39. The van der Waals surface area contributed by atoms with Crippen molar-refractivity contribution in [1.29, 1.82) is 0 Å². The van der Waals surface area contributed by atoms with E-state index in [2.05, 4.69) is 10.0 Å². The first-order valence-electron chi connectivity index (χ1n) is 15.4. The molecule has 0 bridgehead atoms. The molecule has 1 saturated carbocycles. The summed E-state index contributed by atoms with van der Waals surface area (Å²) in [4.78, 5) is 31.8. The maximum Gasteiger partial charge on any atom is 0.280 e. The van der Waals surface area contributed by atoms with Gasteiger partial charge in [0.05, 0.1) is 20.9 Å². The van der Waals surface area contributed by atoms with Gasteiger partial charge in [-0.25, -0.2) is 18.1 Å². The van der Waals surface area contributed by atoms with Crippen LogP contribution in [0.5, 0.6) is 0 Å². The van der Waals surface area contributed by atoms with Gasteiger partial charge in [0, 0.05) is 25.3 Å². The third-order valence-corrected chi connectivity index (χ3v) is 11.4. The lowest BCUT2D eigenvalue weighted by Crippen LogP contribution is -2.49. The predicted molar refractivity (Wildman–Crippen MR) is 171 cm³/mol. The number of ether oxygens (including phenoxy) is 1. The van der Waals surface area contributed by atoms with Crippen LogP contribution in [0.1, 0.15) is 108 Å². The second-order valence-electron chi connectivity index (χ2n) is 14.3. The van der Waals surface area contributed by atoms with Crippen LogP contribution in [0.2, 0.25) is 0 Å². The van der Waals surface area contributed by atoms with Gasteiger partial charge in [-0.1, -0.05) is 58.9 Å². The quantitative estimate of drug-likeness (QED) is 0.342. The number of primary amides is 1. The first-order chi connectivity index (χ1) is 20.0. The average molecular weight is 633 g/mol. The summed E-state index contributed by atoms with van der Waals surface area (Å²) in [5.74, 6) is -0.277. The highest BCUT2D eigenvalue weighted by molar-refractivity contribution is 7.89. The van der Waals surface area contributed by atoms with Gasteiger partial charge in [-0.2, -0.15) is 0 Å². The SMILES string of the molecule is CC(C)(C)NS(=O)(=O)c1ccc(-c2sc(C(=O)NCC3(C(N)=O)CCOCC3)nc2CC2CCCCC2)cc1C(C)(C)C. The Labute approximate surface area is 260 Å². The Bertz CT molecular complexity index is 1420. The molecule has 0 radical (unpaired) electrons. The zero-order chi connectivity index (χ0) is 31.6. The molecule has 1 aliphatic heterocycles. The smallest absolute Gasteiger partial charge is 0.280 e. The van der Waals surface area contributed by atoms with E-state index in [1.807, 2.05) is 53.7 Å². The minimum atomic E-state index is -3.78. The molecule has 1 aliphatic carbocycles. The molecule has 0 spiro atoms. The maximum atomic E-state index is 13.5. The number of nitrogens with zero attached hydrogens (tertiary/aromatic N) is 1. The Morgan fingerprint density at radius 1 is 1.07 bits per heavy atom. The van der Waals surface area contributed by atoms with Gasteiger partial charge >= 0.3 is 0 Å². The summed E-state index contributed by atoms with van der Waals surface area (Å²) < 4.78 is 35.1. The number of hydrogen-bond acceptors (Lipinski definition) is 7. The zero-order valence-corrected chi connectivity index (χ0v) is 28.1. The molecule has 0 unspecified atom stereocenters. The van der Waals surface area contributed by atoms with Crippen LogP contribution in [0.3, 0.4) is 0 Å². The first kappa shape index (κ1) is 33.6. The highest BCUT2D eigenvalue weighted by Gasteiger charge is 2.39. The van der Waals surface area contributed by atoms with Crippen LogP contribution in [0.25, 0.3) is 10.4 Å². The van der Waals surface area contributed by atoms with E-state index in [0.717, 1.165) is 35.4 Å². The number of hydrogen-bond donors (Lipinski definition) is 3. The van der Waals surface area contributed by atoms with Crippen molar-refractivity contribution in [3.8, 4) is 10.4 Å². The molecule has 2 amide bonds. The topological polar surface area (TPSA) is 140 Å². The molecule has 1 saturated heterocycles. The lowest BCUT2D eigenvalue weighted by atomic mass is 9.79. The lowest BCUT2D eigenvalue weighted by molar-refractivity contribution is -0.132. The van der Waals surface area contributed by atoms with E-state index < -0.39 is 32.3 Å². The number of thiazole rings is 1. The van der Waals surface area contributed by atoms with Crippen LogP contribution >= 0.6 is 11.3 Å². The molecule has 2 fully saturated rings. The molecule has 4 N–H and O–H groups in total. The van der Waals surface area contributed by atoms with E-state index in [1.54, 1.807) is 6.07 Å². The van der Waals surface area contributed by atoms with Crippen LogP contribution in [-0.2, 0) is 31.4 Å². The predicted octanol–water partition coefficient (Wildman–Crippen LogP) is 5.32. The fourth-order valence-corrected chi connectivity index (χ4v) is 8.85. The third kappa shape index (κ3) is 8.23. The van der Waals surface area contributed by atoms with Gasteiger partial charge < -0.3 is 15.8 Å². The number of nitrogens with one attached hydrogen (secondary N) is 2. The van der Waals surface area contributed by atoms with Gasteiger partial charge in [0.2, 0.25) is 15.9 Å². The molecule has 2 aromatic rings. The number of rotatable bonds is 9. The Balaban J connectivity index is 1.72. The molecular weight excluding hydrogens is 585 g/mol. The first-order valence-corrected chi connectivity index (χ1v) is 17.7. The van der Waals surface area contributed by atoms with Gasteiger partial charge in [0.25, 0.3) is 5.91 Å². The van der Waals surface area contributed by atoms with E-state index in [-0.39, 0.29) is 17.3 Å². The van der Waals surface area contributed by atoms with Crippen LogP contribution in [-0.4, -0.2) is 50.5 Å². The summed E-state index contributed by atoms with van der Waals surface area (Å²) in [6.07, 6.45) is 7.58. The van der Waals surface area contributed by atoms with Crippen molar-refractivity contribution < 1.29 is 22.7 Å². The molecule has 0 atom stereocenters. The molecule has 238 valence electrons. The monoisotopic (exact) mass is 632 g/mol.